The van der Waals surface area contributed by atoms with Crippen molar-refractivity contribution >= 4 is 27.3 Å². The molecule has 0 saturated heterocycles. The highest BCUT2D eigenvalue weighted by atomic mass is 79.9. The second-order valence-electron chi connectivity index (χ2n) is 5.48. The fraction of sp³-hybridized carbons (Fsp3) is 0.667. The molecule has 0 radical (unpaired) electrons. The normalized spacial score (nSPS) is 16.1. The first kappa shape index (κ1) is 14.2. The molecule has 1 atom stereocenters. The average molecular weight is 306 g/mol. The zero-order valence-corrected chi connectivity index (χ0v) is 12.7. The van der Waals surface area contributed by atoms with Gasteiger partial charge in [0.25, 0.3) is 0 Å². The molecule has 16 heavy (non-hydrogen) atoms. The summed E-state index contributed by atoms with van der Waals surface area (Å²) in [5, 5.41) is 13.6. The van der Waals surface area contributed by atoms with E-state index in [1.54, 1.807) is 11.3 Å². The molecule has 1 unspecified atom stereocenters. The van der Waals surface area contributed by atoms with Gasteiger partial charge in [0, 0.05) is 23.4 Å². The van der Waals surface area contributed by atoms with E-state index in [9.17, 15) is 5.11 Å². The molecule has 0 saturated carbocycles. The fourth-order valence-corrected chi connectivity index (χ4v) is 3.00. The Kier molecular flexibility index (Phi) is 4.57. The van der Waals surface area contributed by atoms with Crippen molar-refractivity contribution in [3.8, 4) is 0 Å². The number of hydrogen-bond acceptors (Lipinski definition) is 3. The molecule has 1 aromatic heterocycles. The van der Waals surface area contributed by atoms with Gasteiger partial charge in [0.2, 0.25) is 0 Å². The van der Waals surface area contributed by atoms with Crippen molar-refractivity contribution < 1.29 is 5.11 Å². The third kappa shape index (κ3) is 5.43. The monoisotopic (exact) mass is 305 g/mol. The van der Waals surface area contributed by atoms with Gasteiger partial charge in [-0.05, 0) is 55.8 Å². The topological polar surface area (TPSA) is 32.3 Å². The summed E-state index contributed by atoms with van der Waals surface area (Å²) < 4.78 is 1.11. The van der Waals surface area contributed by atoms with E-state index in [2.05, 4.69) is 48.1 Å². The highest BCUT2D eigenvalue weighted by molar-refractivity contribution is 9.11. The largest absolute Gasteiger partial charge is 0.388 e. The van der Waals surface area contributed by atoms with Gasteiger partial charge in [-0.2, -0.15) is 0 Å². The minimum absolute atomic E-state index is 0.0417. The molecule has 4 heteroatoms. The molecule has 2 nitrogen and oxygen atoms in total. The summed E-state index contributed by atoms with van der Waals surface area (Å²) in [6, 6.07) is 4.08. The van der Waals surface area contributed by atoms with Crippen molar-refractivity contribution in [2.24, 2.45) is 0 Å². The molecule has 1 rings (SSSR count). The van der Waals surface area contributed by atoms with Crippen LogP contribution < -0.4 is 5.32 Å². The summed E-state index contributed by atoms with van der Waals surface area (Å²) in [6.45, 7) is 8.78. The van der Waals surface area contributed by atoms with Crippen molar-refractivity contribution in [1.29, 1.82) is 0 Å². The summed E-state index contributed by atoms with van der Waals surface area (Å²) in [6.07, 6.45) is 0.687. The van der Waals surface area contributed by atoms with Crippen LogP contribution in [0, 0.1) is 0 Å². The lowest BCUT2D eigenvalue weighted by Gasteiger charge is -2.29. The minimum atomic E-state index is -0.697. The molecule has 0 aromatic carbocycles. The van der Waals surface area contributed by atoms with Gasteiger partial charge in [-0.25, -0.2) is 0 Å². The van der Waals surface area contributed by atoms with E-state index in [0.717, 1.165) is 3.79 Å². The molecule has 1 heterocycles. The average Bonchev–Trinajstić information content (AvgIpc) is 2.46. The standard InChI is InChI=1S/C12H20BrNOS/c1-11(2,3)14-8-12(4,15)7-9-5-6-10(13)16-9/h5-6,14-15H,7-8H2,1-4H3. The first-order valence-corrected chi connectivity index (χ1v) is 7.01. The van der Waals surface area contributed by atoms with Crippen LogP contribution in [0.3, 0.4) is 0 Å². The Morgan fingerprint density at radius 3 is 2.38 bits per heavy atom. The lowest BCUT2D eigenvalue weighted by molar-refractivity contribution is 0.0542. The van der Waals surface area contributed by atoms with Crippen LogP contribution in [0.4, 0.5) is 0 Å². The third-order valence-electron chi connectivity index (χ3n) is 2.18. The maximum atomic E-state index is 10.3. The fourth-order valence-electron chi connectivity index (χ4n) is 1.34. The summed E-state index contributed by atoms with van der Waals surface area (Å²) >= 11 is 5.11. The number of hydrogen-bond donors (Lipinski definition) is 2. The Morgan fingerprint density at radius 1 is 1.31 bits per heavy atom. The van der Waals surface area contributed by atoms with Crippen LogP contribution in [0.1, 0.15) is 32.6 Å². The molecule has 92 valence electrons. The van der Waals surface area contributed by atoms with Crippen molar-refractivity contribution in [1.82, 2.24) is 5.32 Å². The molecule has 0 aliphatic carbocycles. The van der Waals surface area contributed by atoms with E-state index in [1.165, 1.54) is 4.88 Å². The zero-order chi connectivity index (χ0) is 12.4. The van der Waals surface area contributed by atoms with Gasteiger partial charge in [-0.1, -0.05) is 0 Å². The summed E-state index contributed by atoms with van der Waals surface area (Å²) in [7, 11) is 0. The van der Waals surface area contributed by atoms with Crippen LogP contribution in [0.25, 0.3) is 0 Å². The Morgan fingerprint density at radius 2 is 1.94 bits per heavy atom. The second-order valence-corrected chi connectivity index (χ2v) is 8.03. The van der Waals surface area contributed by atoms with Gasteiger partial charge in [-0.15, -0.1) is 11.3 Å². The second kappa shape index (κ2) is 5.17. The highest BCUT2D eigenvalue weighted by Crippen LogP contribution is 2.25. The van der Waals surface area contributed by atoms with E-state index >= 15 is 0 Å². The minimum Gasteiger partial charge on any atom is -0.388 e. The number of aliphatic hydroxyl groups is 1. The van der Waals surface area contributed by atoms with E-state index < -0.39 is 5.60 Å². The molecular formula is C12H20BrNOS. The maximum absolute atomic E-state index is 10.3. The smallest absolute Gasteiger partial charge is 0.0791 e. The summed E-state index contributed by atoms with van der Waals surface area (Å²) in [5.74, 6) is 0. The molecule has 0 fully saturated rings. The highest BCUT2D eigenvalue weighted by Gasteiger charge is 2.23. The molecule has 0 bridgehead atoms. The predicted molar refractivity (Wildman–Crippen MR) is 74.1 cm³/mol. The quantitative estimate of drug-likeness (QED) is 0.895. The lowest BCUT2D eigenvalue weighted by atomic mass is 9.99. The Hall–Kier alpha value is 0.1000. The number of rotatable bonds is 4. The van der Waals surface area contributed by atoms with Gasteiger partial charge in [-0.3, -0.25) is 0 Å². The van der Waals surface area contributed by atoms with Crippen LogP contribution in [-0.2, 0) is 6.42 Å². The van der Waals surface area contributed by atoms with Crippen molar-refractivity contribution in [2.75, 3.05) is 6.54 Å². The zero-order valence-electron chi connectivity index (χ0n) is 10.3. The van der Waals surface area contributed by atoms with Crippen molar-refractivity contribution in [3.05, 3.63) is 20.8 Å². The van der Waals surface area contributed by atoms with E-state index in [-0.39, 0.29) is 5.54 Å². The Bertz CT molecular complexity index is 341. The molecule has 2 N–H and O–H groups in total. The van der Waals surface area contributed by atoms with Crippen LogP contribution in [0.5, 0.6) is 0 Å². The third-order valence-corrected chi connectivity index (χ3v) is 3.81. The van der Waals surface area contributed by atoms with E-state index in [1.807, 2.05) is 13.0 Å². The number of β-amino-alcohol motifs (C(OH)–C–C–N with tert-alkyl or cyclic N) is 1. The summed E-state index contributed by atoms with van der Waals surface area (Å²) in [4.78, 5) is 1.20. The molecule has 0 amide bonds. The van der Waals surface area contributed by atoms with E-state index in [0.29, 0.717) is 13.0 Å². The summed E-state index contributed by atoms with van der Waals surface area (Å²) in [5.41, 5.74) is -0.655. The van der Waals surface area contributed by atoms with Gasteiger partial charge in [0.15, 0.2) is 0 Å². The van der Waals surface area contributed by atoms with Crippen molar-refractivity contribution in [2.45, 2.75) is 45.3 Å². The number of thiophene rings is 1. The molecular weight excluding hydrogens is 286 g/mol. The predicted octanol–water partition coefficient (Wildman–Crippen LogP) is 3.19. The van der Waals surface area contributed by atoms with Crippen LogP contribution >= 0.6 is 27.3 Å². The number of nitrogens with one attached hydrogen (secondary N) is 1. The number of halogens is 1. The van der Waals surface area contributed by atoms with E-state index in [4.69, 9.17) is 0 Å². The Balaban J connectivity index is 2.51. The molecule has 0 aliphatic heterocycles. The molecule has 1 aromatic rings. The van der Waals surface area contributed by atoms with Gasteiger partial charge >= 0.3 is 0 Å². The molecule has 0 aliphatic rings. The van der Waals surface area contributed by atoms with Gasteiger partial charge in [0.1, 0.15) is 0 Å². The first-order valence-electron chi connectivity index (χ1n) is 5.40. The SMILES string of the molecule is CC(O)(CNC(C)(C)C)Cc1ccc(Br)s1. The molecule has 0 spiro atoms. The van der Waals surface area contributed by atoms with Crippen LogP contribution in [-0.4, -0.2) is 22.8 Å². The Labute approximate surface area is 110 Å². The maximum Gasteiger partial charge on any atom is 0.0791 e. The lowest BCUT2D eigenvalue weighted by Crippen LogP contribution is -2.47. The van der Waals surface area contributed by atoms with Crippen LogP contribution in [0.2, 0.25) is 0 Å². The van der Waals surface area contributed by atoms with Gasteiger partial charge in [0.05, 0.1) is 9.39 Å². The first-order chi connectivity index (χ1) is 7.18. The van der Waals surface area contributed by atoms with Crippen molar-refractivity contribution in [3.63, 3.8) is 0 Å². The van der Waals surface area contributed by atoms with Gasteiger partial charge < -0.3 is 10.4 Å². The van der Waals surface area contributed by atoms with Crippen LogP contribution in [0.15, 0.2) is 15.9 Å².